The van der Waals surface area contributed by atoms with E-state index in [1.165, 1.54) is 18.2 Å². The number of hydrogen-bond donors (Lipinski definition) is 0. The minimum Gasteiger partial charge on any atom is -0.363 e. The molecule has 1 heterocycles. The number of benzene rings is 1. The van der Waals surface area contributed by atoms with Crippen molar-refractivity contribution >= 4 is 21.3 Å². The molecule has 1 aromatic carbocycles. The molecule has 0 saturated carbocycles. The van der Waals surface area contributed by atoms with Crippen LogP contribution in [0.15, 0.2) is 52.4 Å². The van der Waals surface area contributed by atoms with Crippen LogP contribution in [0.2, 0.25) is 0 Å². The standard InChI is InChI=1S/C13H13N3O4S/c1-15(2)12-9-8-11(16(17)18)13(14-12)21(19,20)10-6-4-3-5-7-10/h3-9H,1-2H3. The topological polar surface area (TPSA) is 93.4 Å². The molecule has 1 aromatic heterocycles. The second-order valence-corrected chi connectivity index (χ2v) is 6.33. The Kier molecular flexibility index (Phi) is 3.90. The summed E-state index contributed by atoms with van der Waals surface area (Å²) in [6.45, 7) is 0. The lowest BCUT2D eigenvalue weighted by molar-refractivity contribution is -0.388. The fraction of sp³-hybridized carbons (Fsp3) is 0.154. The molecule has 0 atom stereocenters. The summed E-state index contributed by atoms with van der Waals surface area (Å²) in [4.78, 5) is 15.8. The van der Waals surface area contributed by atoms with Gasteiger partial charge in [-0.3, -0.25) is 10.1 Å². The van der Waals surface area contributed by atoms with Crippen molar-refractivity contribution in [3.8, 4) is 0 Å². The molecule has 0 saturated heterocycles. The summed E-state index contributed by atoms with van der Waals surface area (Å²) in [6.07, 6.45) is 0. The maximum Gasteiger partial charge on any atom is 0.307 e. The largest absolute Gasteiger partial charge is 0.363 e. The van der Waals surface area contributed by atoms with Gasteiger partial charge in [0, 0.05) is 20.2 Å². The van der Waals surface area contributed by atoms with Gasteiger partial charge in [0.25, 0.3) is 0 Å². The molecule has 0 aliphatic rings. The molecule has 0 unspecified atom stereocenters. The highest BCUT2D eigenvalue weighted by Gasteiger charge is 2.30. The van der Waals surface area contributed by atoms with E-state index < -0.39 is 25.5 Å². The molecule has 110 valence electrons. The highest BCUT2D eigenvalue weighted by Crippen LogP contribution is 2.29. The number of sulfone groups is 1. The van der Waals surface area contributed by atoms with Gasteiger partial charge < -0.3 is 4.90 Å². The Balaban J connectivity index is 2.71. The maximum atomic E-state index is 12.5. The van der Waals surface area contributed by atoms with Crippen LogP contribution in [0.1, 0.15) is 0 Å². The third kappa shape index (κ3) is 2.84. The summed E-state index contributed by atoms with van der Waals surface area (Å²) in [5.74, 6) is 0.329. The summed E-state index contributed by atoms with van der Waals surface area (Å²) in [6, 6.07) is 10.1. The smallest absolute Gasteiger partial charge is 0.307 e. The van der Waals surface area contributed by atoms with Crippen LogP contribution in [0.4, 0.5) is 11.5 Å². The number of pyridine rings is 1. The minimum atomic E-state index is -4.05. The Labute approximate surface area is 121 Å². The van der Waals surface area contributed by atoms with Crippen LogP contribution in [0.3, 0.4) is 0 Å². The zero-order valence-electron chi connectivity index (χ0n) is 11.4. The van der Waals surface area contributed by atoms with E-state index in [1.807, 2.05) is 0 Å². The van der Waals surface area contributed by atoms with Gasteiger partial charge in [-0.05, 0) is 18.2 Å². The maximum absolute atomic E-state index is 12.5. The molecule has 0 spiro atoms. The van der Waals surface area contributed by atoms with Crippen molar-refractivity contribution in [1.29, 1.82) is 0 Å². The first kappa shape index (κ1) is 14.9. The van der Waals surface area contributed by atoms with Gasteiger partial charge in [-0.25, -0.2) is 13.4 Å². The molecule has 0 aliphatic heterocycles. The van der Waals surface area contributed by atoms with Crippen molar-refractivity contribution in [3.05, 3.63) is 52.6 Å². The number of anilines is 1. The fourth-order valence-electron chi connectivity index (χ4n) is 1.72. The van der Waals surface area contributed by atoms with Gasteiger partial charge in [-0.15, -0.1) is 0 Å². The average Bonchev–Trinajstić information content (AvgIpc) is 2.47. The van der Waals surface area contributed by atoms with Crippen LogP contribution in [0.5, 0.6) is 0 Å². The molecular weight excluding hydrogens is 294 g/mol. The number of hydrogen-bond acceptors (Lipinski definition) is 6. The third-order valence-corrected chi connectivity index (χ3v) is 4.49. The minimum absolute atomic E-state index is 0.0310. The first-order chi connectivity index (χ1) is 9.84. The Morgan fingerprint density at radius 3 is 2.24 bits per heavy atom. The van der Waals surface area contributed by atoms with Gasteiger partial charge in [-0.1, -0.05) is 18.2 Å². The molecule has 0 bridgehead atoms. The molecule has 0 radical (unpaired) electrons. The van der Waals surface area contributed by atoms with Crippen molar-refractivity contribution in [3.63, 3.8) is 0 Å². The summed E-state index contributed by atoms with van der Waals surface area (Å²) in [5.41, 5.74) is -0.538. The van der Waals surface area contributed by atoms with Crippen molar-refractivity contribution in [2.45, 2.75) is 9.92 Å². The molecule has 0 N–H and O–H groups in total. The number of nitro groups is 1. The van der Waals surface area contributed by atoms with Crippen molar-refractivity contribution in [2.75, 3.05) is 19.0 Å². The Bertz CT molecular complexity index is 773. The van der Waals surface area contributed by atoms with E-state index in [0.717, 1.165) is 6.07 Å². The highest BCUT2D eigenvalue weighted by atomic mass is 32.2. The van der Waals surface area contributed by atoms with Crippen LogP contribution < -0.4 is 4.90 Å². The van der Waals surface area contributed by atoms with Gasteiger partial charge in [0.05, 0.1) is 9.82 Å². The summed E-state index contributed by atoms with van der Waals surface area (Å²) in [7, 11) is -0.703. The van der Waals surface area contributed by atoms with Crippen molar-refractivity contribution in [2.24, 2.45) is 0 Å². The number of aromatic nitrogens is 1. The van der Waals surface area contributed by atoms with E-state index in [-0.39, 0.29) is 4.90 Å². The molecule has 0 aliphatic carbocycles. The van der Waals surface area contributed by atoms with E-state index >= 15 is 0 Å². The average molecular weight is 307 g/mol. The van der Waals surface area contributed by atoms with Crippen LogP contribution >= 0.6 is 0 Å². The Hall–Kier alpha value is -2.48. The van der Waals surface area contributed by atoms with Crippen LogP contribution in [-0.2, 0) is 9.84 Å². The van der Waals surface area contributed by atoms with E-state index in [4.69, 9.17) is 0 Å². The van der Waals surface area contributed by atoms with Gasteiger partial charge in [0.1, 0.15) is 5.82 Å². The molecule has 2 aromatic rings. The second kappa shape index (κ2) is 5.49. The quantitative estimate of drug-likeness (QED) is 0.632. The first-order valence-electron chi connectivity index (χ1n) is 5.97. The summed E-state index contributed by atoms with van der Waals surface area (Å²) >= 11 is 0. The number of rotatable bonds is 4. The molecule has 2 rings (SSSR count). The van der Waals surface area contributed by atoms with E-state index in [0.29, 0.717) is 5.82 Å². The van der Waals surface area contributed by atoms with Gasteiger partial charge >= 0.3 is 5.69 Å². The summed E-state index contributed by atoms with van der Waals surface area (Å²) in [5, 5.41) is 10.5. The van der Waals surface area contributed by atoms with E-state index in [1.54, 1.807) is 37.2 Å². The van der Waals surface area contributed by atoms with Crippen molar-refractivity contribution < 1.29 is 13.3 Å². The summed E-state index contributed by atoms with van der Waals surface area (Å²) < 4.78 is 25.1. The third-order valence-electron chi connectivity index (χ3n) is 2.79. The Morgan fingerprint density at radius 1 is 1.10 bits per heavy atom. The van der Waals surface area contributed by atoms with Crippen LogP contribution in [-0.4, -0.2) is 32.4 Å². The normalized spacial score (nSPS) is 11.1. The molecule has 8 heteroatoms. The van der Waals surface area contributed by atoms with E-state index in [9.17, 15) is 18.5 Å². The predicted molar refractivity (Wildman–Crippen MR) is 77.1 cm³/mol. The lowest BCUT2D eigenvalue weighted by Crippen LogP contribution is -2.14. The molecular formula is C13H13N3O4S. The fourth-order valence-corrected chi connectivity index (χ4v) is 3.09. The van der Waals surface area contributed by atoms with Crippen LogP contribution in [0, 0.1) is 10.1 Å². The molecule has 0 fully saturated rings. The van der Waals surface area contributed by atoms with Gasteiger partial charge in [-0.2, -0.15) is 0 Å². The zero-order valence-corrected chi connectivity index (χ0v) is 12.2. The van der Waals surface area contributed by atoms with E-state index in [2.05, 4.69) is 4.98 Å². The van der Waals surface area contributed by atoms with Crippen LogP contribution in [0.25, 0.3) is 0 Å². The molecule has 21 heavy (non-hydrogen) atoms. The Morgan fingerprint density at radius 2 is 1.71 bits per heavy atom. The second-order valence-electron chi connectivity index (χ2n) is 4.46. The molecule has 0 amide bonds. The zero-order chi connectivity index (χ0) is 15.6. The lowest BCUT2D eigenvalue weighted by Gasteiger charge is -2.12. The predicted octanol–water partition coefficient (Wildman–Crippen LogP) is 1.89. The van der Waals surface area contributed by atoms with Gasteiger partial charge in [0.2, 0.25) is 14.9 Å². The lowest BCUT2D eigenvalue weighted by atomic mass is 10.4. The van der Waals surface area contributed by atoms with Crippen molar-refractivity contribution in [1.82, 2.24) is 4.98 Å². The number of nitrogens with zero attached hydrogens (tertiary/aromatic N) is 3. The SMILES string of the molecule is CN(C)c1ccc([N+](=O)[O-])c(S(=O)(=O)c2ccccc2)n1. The molecule has 7 nitrogen and oxygen atoms in total. The monoisotopic (exact) mass is 307 g/mol. The van der Waals surface area contributed by atoms with Gasteiger partial charge in [0.15, 0.2) is 0 Å². The highest BCUT2D eigenvalue weighted by molar-refractivity contribution is 7.91. The first-order valence-corrected chi connectivity index (χ1v) is 7.45.